The summed E-state index contributed by atoms with van der Waals surface area (Å²) in [5.41, 5.74) is 1.53. The van der Waals surface area contributed by atoms with Crippen LogP contribution in [0.4, 0.5) is 11.4 Å². The number of rotatable bonds is 5. The number of hydrogen-bond acceptors (Lipinski definition) is 5. The topological polar surface area (TPSA) is 90.7 Å². The summed E-state index contributed by atoms with van der Waals surface area (Å²) in [4.78, 5) is 13.1. The molecule has 31 heavy (non-hydrogen) atoms. The van der Waals surface area contributed by atoms with Gasteiger partial charge in [-0.15, -0.1) is 5.11 Å². The van der Waals surface area contributed by atoms with Crippen LogP contribution in [0.1, 0.15) is 16.7 Å². The number of hydrogen-bond donors (Lipinski definition) is 1. The lowest BCUT2D eigenvalue weighted by Gasteiger charge is -2.13. The van der Waals surface area contributed by atoms with E-state index in [9.17, 15) is 15.2 Å². The molecule has 4 aromatic rings. The zero-order valence-electron chi connectivity index (χ0n) is 17.0. The third-order valence-electron chi connectivity index (χ3n) is 5.23. The molecule has 1 heterocycles. The molecule has 0 unspecified atom stereocenters. The van der Waals surface area contributed by atoms with Crippen LogP contribution in [0, 0.1) is 18.3 Å². The second kappa shape index (κ2) is 8.64. The zero-order valence-corrected chi connectivity index (χ0v) is 17.0. The first-order valence-corrected chi connectivity index (χ1v) is 9.89. The van der Waals surface area contributed by atoms with Crippen molar-refractivity contribution >= 4 is 22.1 Å². The maximum Gasteiger partial charge on any atom is 0.281 e. The van der Waals surface area contributed by atoms with E-state index in [-0.39, 0.29) is 23.7 Å². The number of fused-ring (bicyclic) bond motifs is 1. The van der Waals surface area contributed by atoms with Crippen molar-refractivity contribution in [3.63, 3.8) is 0 Å². The average molecular weight is 408 g/mol. The first-order chi connectivity index (χ1) is 15.1. The maximum atomic E-state index is 13.1. The summed E-state index contributed by atoms with van der Waals surface area (Å²) >= 11 is 0. The van der Waals surface area contributed by atoms with E-state index in [2.05, 4.69) is 10.2 Å². The van der Waals surface area contributed by atoms with Crippen LogP contribution in [0.5, 0.6) is 5.88 Å². The van der Waals surface area contributed by atoms with Crippen molar-refractivity contribution in [1.82, 2.24) is 4.57 Å². The number of nitrogens with zero attached hydrogens (tertiary/aromatic N) is 4. The standard InChI is InChI=1S/C25H20N4O2/c1-17-22(16-26)24(30)29(14-13-18-7-3-2-4-8-18)25(31)23(17)28-27-21-12-11-19-9-5-6-10-20(19)15-21/h2-12,15,30H,13-14H2,1H3. The van der Waals surface area contributed by atoms with Crippen LogP contribution < -0.4 is 5.56 Å². The van der Waals surface area contributed by atoms with Gasteiger partial charge in [0.1, 0.15) is 11.6 Å². The predicted octanol–water partition coefficient (Wildman–Crippen LogP) is 5.55. The summed E-state index contributed by atoms with van der Waals surface area (Å²) in [6.07, 6.45) is 0.531. The molecular weight excluding hydrogens is 388 g/mol. The second-order valence-corrected chi connectivity index (χ2v) is 7.21. The van der Waals surface area contributed by atoms with Gasteiger partial charge in [0.05, 0.1) is 5.69 Å². The van der Waals surface area contributed by atoms with Gasteiger partial charge in [0.25, 0.3) is 5.56 Å². The minimum atomic E-state index is -0.477. The molecule has 0 amide bonds. The highest BCUT2D eigenvalue weighted by Crippen LogP contribution is 2.28. The number of nitriles is 1. The number of azo groups is 1. The van der Waals surface area contributed by atoms with E-state index < -0.39 is 5.56 Å². The van der Waals surface area contributed by atoms with Crippen LogP contribution in [0.15, 0.2) is 87.8 Å². The highest BCUT2D eigenvalue weighted by atomic mass is 16.3. The highest BCUT2D eigenvalue weighted by Gasteiger charge is 2.19. The largest absolute Gasteiger partial charge is 0.493 e. The molecule has 152 valence electrons. The quantitative estimate of drug-likeness (QED) is 0.439. The number of aromatic nitrogens is 1. The molecule has 0 atom stereocenters. The van der Waals surface area contributed by atoms with Gasteiger partial charge in [-0.3, -0.25) is 9.36 Å². The molecule has 0 saturated carbocycles. The summed E-state index contributed by atoms with van der Waals surface area (Å²) in [5, 5.41) is 30.6. The fraction of sp³-hybridized carbons (Fsp3) is 0.120. The molecule has 0 saturated heterocycles. The Balaban J connectivity index is 1.73. The molecule has 0 radical (unpaired) electrons. The number of aromatic hydroxyl groups is 1. The molecule has 4 rings (SSSR count). The van der Waals surface area contributed by atoms with Crippen LogP contribution in [-0.2, 0) is 13.0 Å². The molecule has 0 aliphatic heterocycles. The van der Waals surface area contributed by atoms with Crippen molar-refractivity contribution in [3.05, 3.63) is 99.8 Å². The van der Waals surface area contributed by atoms with Gasteiger partial charge in [-0.1, -0.05) is 60.7 Å². The first kappa shape index (κ1) is 20.0. The molecular formula is C25H20N4O2. The van der Waals surface area contributed by atoms with Gasteiger partial charge in [0.15, 0.2) is 5.69 Å². The third kappa shape index (κ3) is 4.07. The van der Waals surface area contributed by atoms with Crippen LogP contribution in [0.3, 0.4) is 0 Å². The van der Waals surface area contributed by atoms with Gasteiger partial charge in [-0.2, -0.15) is 10.4 Å². The van der Waals surface area contributed by atoms with E-state index >= 15 is 0 Å². The molecule has 6 nitrogen and oxygen atoms in total. The molecule has 1 aromatic heterocycles. The van der Waals surface area contributed by atoms with Crippen molar-refractivity contribution in [2.45, 2.75) is 19.9 Å². The summed E-state index contributed by atoms with van der Waals surface area (Å²) in [6.45, 7) is 1.82. The summed E-state index contributed by atoms with van der Waals surface area (Å²) < 4.78 is 1.19. The van der Waals surface area contributed by atoms with Gasteiger partial charge in [0, 0.05) is 12.1 Å². The molecule has 0 aliphatic rings. The third-order valence-corrected chi connectivity index (χ3v) is 5.23. The Kier molecular flexibility index (Phi) is 5.59. The molecule has 6 heteroatoms. The first-order valence-electron chi connectivity index (χ1n) is 9.89. The summed E-state index contributed by atoms with van der Waals surface area (Å²) in [7, 11) is 0. The minimum Gasteiger partial charge on any atom is -0.493 e. The van der Waals surface area contributed by atoms with Crippen molar-refractivity contribution in [1.29, 1.82) is 5.26 Å². The van der Waals surface area contributed by atoms with Gasteiger partial charge in [-0.25, -0.2) is 0 Å². The fourth-order valence-corrected chi connectivity index (χ4v) is 3.50. The van der Waals surface area contributed by atoms with E-state index in [1.54, 1.807) is 6.92 Å². The molecule has 0 bridgehead atoms. The molecule has 1 N–H and O–H groups in total. The van der Waals surface area contributed by atoms with E-state index in [1.165, 1.54) is 4.57 Å². The Morgan fingerprint density at radius 2 is 1.68 bits per heavy atom. The van der Waals surface area contributed by atoms with Crippen molar-refractivity contribution in [3.8, 4) is 11.9 Å². The Bertz CT molecular complexity index is 1380. The van der Waals surface area contributed by atoms with Gasteiger partial charge in [0.2, 0.25) is 5.88 Å². The lowest BCUT2D eigenvalue weighted by Crippen LogP contribution is -2.22. The number of benzene rings is 3. The monoisotopic (exact) mass is 408 g/mol. The lowest BCUT2D eigenvalue weighted by molar-refractivity contribution is 0.404. The molecule has 0 fully saturated rings. The van der Waals surface area contributed by atoms with Crippen molar-refractivity contribution in [2.24, 2.45) is 10.2 Å². The summed E-state index contributed by atoms with van der Waals surface area (Å²) in [6, 6.07) is 25.1. The van der Waals surface area contributed by atoms with Gasteiger partial charge in [-0.05, 0) is 41.8 Å². The fourth-order valence-electron chi connectivity index (χ4n) is 3.50. The Morgan fingerprint density at radius 3 is 2.42 bits per heavy atom. The lowest BCUT2D eigenvalue weighted by atomic mass is 10.1. The Morgan fingerprint density at radius 1 is 0.968 bits per heavy atom. The smallest absolute Gasteiger partial charge is 0.281 e. The van der Waals surface area contributed by atoms with Crippen LogP contribution >= 0.6 is 0 Å². The Hall–Kier alpha value is -4.24. The van der Waals surface area contributed by atoms with Gasteiger partial charge >= 0.3 is 0 Å². The zero-order chi connectivity index (χ0) is 21.8. The van der Waals surface area contributed by atoms with E-state index in [4.69, 9.17) is 0 Å². The maximum absolute atomic E-state index is 13.1. The highest BCUT2D eigenvalue weighted by molar-refractivity contribution is 5.85. The van der Waals surface area contributed by atoms with E-state index in [0.717, 1.165) is 16.3 Å². The van der Waals surface area contributed by atoms with Crippen LogP contribution in [-0.4, -0.2) is 9.67 Å². The van der Waals surface area contributed by atoms with Crippen molar-refractivity contribution < 1.29 is 5.11 Å². The molecule has 0 aliphatic carbocycles. The second-order valence-electron chi connectivity index (χ2n) is 7.21. The van der Waals surface area contributed by atoms with Crippen LogP contribution in [0.25, 0.3) is 10.8 Å². The number of pyridine rings is 1. The van der Waals surface area contributed by atoms with Crippen molar-refractivity contribution in [2.75, 3.05) is 0 Å². The average Bonchev–Trinajstić information content (AvgIpc) is 2.80. The molecule has 3 aromatic carbocycles. The summed E-state index contributed by atoms with van der Waals surface area (Å²) in [5.74, 6) is -0.342. The van der Waals surface area contributed by atoms with E-state index in [0.29, 0.717) is 17.7 Å². The van der Waals surface area contributed by atoms with E-state index in [1.807, 2.05) is 78.9 Å². The normalized spacial score (nSPS) is 11.1. The predicted molar refractivity (Wildman–Crippen MR) is 120 cm³/mol. The minimum absolute atomic E-state index is 0.0279. The van der Waals surface area contributed by atoms with Crippen LogP contribution in [0.2, 0.25) is 0 Å². The van der Waals surface area contributed by atoms with Gasteiger partial charge < -0.3 is 5.11 Å². The molecule has 0 spiro atoms. The Labute approximate surface area is 179 Å². The number of aryl methyl sites for hydroxylation is 1. The SMILES string of the molecule is Cc1c(C#N)c(O)n(CCc2ccccc2)c(=O)c1N=Nc1ccc2ccccc2c1.